The lowest BCUT2D eigenvalue weighted by Gasteiger charge is -2.13. The molecule has 0 radical (unpaired) electrons. The van der Waals surface area contributed by atoms with Crippen LogP contribution in [0.15, 0.2) is 61.1 Å². The number of alkyl halides is 6. The Morgan fingerprint density at radius 2 is 1.69 bits per heavy atom. The van der Waals surface area contributed by atoms with E-state index in [1.54, 1.807) is 18.3 Å². The van der Waals surface area contributed by atoms with Crippen molar-refractivity contribution >= 4 is 34.1 Å². The molecule has 0 saturated heterocycles. The smallest absolute Gasteiger partial charge is 0.416 e. The van der Waals surface area contributed by atoms with Crippen LogP contribution in [0.25, 0.3) is 11.0 Å². The molecule has 0 amide bonds. The SMILES string of the molecule is FC(F)(F)COCCOCCn1ccc2ncnc(Nc3ccc(Oc4cccc(C(F)(F)F)c4)c(Cl)c3)c21. The van der Waals surface area contributed by atoms with Crippen molar-refractivity contribution in [2.45, 2.75) is 18.9 Å². The molecule has 0 fully saturated rings. The van der Waals surface area contributed by atoms with Gasteiger partial charge >= 0.3 is 12.4 Å². The van der Waals surface area contributed by atoms with Crippen LogP contribution in [0.3, 0.4) is 0 Å². The van der Waals surface area contributed by atoms with Crippen molar-refractivity contribution in [3.05, 3.63) is 71.6 Å². The van der Waals surface area contributed by atoms with E-state index in [0.29, 0.717) is 29.1 Å². The first-order valence-electron chi connectivity index (χ1n) is 11.4. The number of fused-ring (bicyclic) bond motifs is 1. The molecule has 2 aromatic carbocycles. The number of halogens is 7. The second kappa shape index (κ2) is 12.1. The molecule has 4 rings (SSSR count). The summed E-state index contributed by atoms with van der Waals surface area (Å²) in [6.07, 6.45) is -5.74. The Morgan fingerprint density at radius 1 is 0.897 bits per heavy atom. The molecular formula is C25H21ClF6N4O3. The van der Waals surface area contributed by atoms with E-state index in [9.17, 15) is 26.3 Å². The van der Waals surface area contributed by atoms with Crippen molar-refractivity contribution in [3.63, 3.8) is 0 Å². The maximum Gasteiger partial charge on any atom is 0.416 e. The van der Waals surface area contributed by atoms with Crippen molar-refractivity contribution in [2.24, 2.45) is 0 Å². The van der Waals surface area contributed by atoms with Gasteiger partial charge in [-0.1, -0.05) is 17.7 Å². The fraction of sp³-hybridized carbons (Fsp3) is 0.280. The minimum Gasteiger partial charge on any atom is -0.456 e. The molecule has 0 atom stereocenters. The van der Waals surface area contributed by atoms with E-state index in [1.807, 2.05) is 4.57 Å². The van der Waals surface area contributed by atoms with Crippen LogP contribution in [-0.4, -0.2) is 47.1 Å². The number of rotatable bonds is 11. The van der Waals surface area contributed by atoms with Gasteiger partial charge in [-0.05, 0) is 42.5 Å². The quantitative estimate of drug-likeness (QED) is 0.150. The monoisotopic (exact) mass is 574 g/mol. The number of nitrogens with one attached hydrogen (secondary N) is 1. The van der Waals surface area contributed by atoms with Gasteiger partial charge in [0.15, 0.2) is 5.82 Å². The molecule has 0 spiro atoms. The lowest BCUT2D eigenvalue weighted by atomic mass is 10.2. The van der Waals surface area contributed by atoms with Crippen LogP contribution in [0, 0.1) is 0 Å². The van der Waals surface area contributed by atoms with Gasteiger partial charge in [-0.3, -0.25) is 0 Å². The summed E-state index contributed by atoms with van der Waals surface area (Å²) in [5.74, 6) is 0.590. The number of benzene rings is 2. The van der Waals surface area contributed by atoms with Crippen molar-refractivity contribution < 1.29 is 40.6 Å². The molecule has 14 heteroatoms. The van der Waals surface area contributed by atoms with Crippen LogP contribution >= 0.6 is 11.6 Å². The highest BCUT2D eigenvalue weighted by Crippen LogP contribution is 2.36. The molecule has 2 heterocycles. The number of aromatic nitrogens is 3. The lowest BCUT2D eigenvalue weighted by Crippen LogP contribution is -2.19. The number of anilines is 2. The summed E-state index contributed by atoms with van der Waals surface area (Å²) in [6.45, 7) is -0.927. The van der Waals surface area contributed by atoms with Gasteiger partial charge in [0, 0.05) is 18.4 Å². The Bertz CT molecular complexity index is 1410. The minimum absolute atomic E-state index is 0.00427. The molecule has 7 nitrogen and oxygen atoms in total. The highest BCUT2D eigenvalue weighted by atomic mass is 35.5. The lowest BCUT2D eigenvalue weighted by molar-refractivity contribution is -0.176. The van der Waals surface area contributed by atoms with Gasteiger partial charge in [0.2, 0.25) is 0 Å². The van der Waals surface area contributed by atoms with Crippen molar-refractivity contribution in [1.29, 1.82) is 0 Å². The largest absolute Gasteiger partial charge is 0.456 e. The molecule has 0 aliphatic rings. The van der Waals surface area contributed by atoms with Crippen LogP contribution < -0.4 is 10.1 Å². The minimum atomic E-state index is -4.51. The zero-order chi connectivity index (χ0) is 28.0. The van der Waals surface area contributed by atoms with Gasteiger partial charge in [0.05, 0.1) is 35.9 Å². The second-order valence-corrected chi connectivity index (χ2v) is 8.55. The fourth-order valence-electron chi connectivity index (χ4n) is 3.54. The Morgan fingerprint density at radius 3 is 2.44 bits per heavy atom. The van der Waals surface area contributed by atoms with E-state index in [2.05, 4.69) is 20.0 Å². The molecular weight excluding hydrogens is 554 g/mol. The summed E-state index contributed by atoms with van der Waals surface area (Å²) in [4.78, 5) is 8.52. The Kier molecular flexibility index (Phi) is 8.83. The third-order valence-electron chi connectivity index (χ3n) is 5.25. The topological polar surface area (TPSA) is 70.4 Å². The van der Waals surface area contributed by atoms with Crippen LogP contribution in [0.1, 0.15) is 5.56 Å². The van der Waals surface area contributed by atoms with Gasteiger partial charge in [0.1, 0.15) is 29.9 Å². The molecule has 0 aliphatic carbocycles. The average Bonchev–Trinajstić information content (AvgIpc) is 3.28. The van der Waals surface area contributed by atoms with Gasteiger partial charge < -0.3 is 24.1 Å². The van der Waals surface area contributed by atoms with E-state index >= 15 is 0 Å². The van der Waals surface area contributed by atoms with Crippen LogP contribution in [0.4, 0.5) is 37.8 Å². The van der Waals surface area contributed by atoms with E-state index in [4.69, 9.17) is 21.1 Å². The summed E-state index contributed by atoms with van der Waals surface area (Å²) in [5, 5.41) is 3.29. The van der Waals surface area contributed by atoms with Crippen molar-refractivity contribution in [3.8, 4) is 11.5 Å². The van der Waals surface area contributed by atoms with Crippen molar-refractivity contribution in [1.82, 2.24) is 14.5 Å². The Hall–Kier alpha value is -3.55. The van der Waals surface area contributed by atoms with Gasteiger partial charge in [-0.15, -0.1) is 0 Å². The summed E-state index contributed by atoms with van der Waals surface area (Å²) < 4.78 is 92.5. The van der Waals surface area contributed by atoms with Crippen LogP contribution in [0.5, 0.6) is 11.5 Å². The molecule has 0 unspecified atom stereocenters. The normalized spacial score (nSPS) is 12.2. The maximum atomic E-state index is 13.0. The predicted molar refractivity (Wildman–Crippen MR) is 131 cm³/mol. The zero-order valence-corrected chi connectivity index (χ0v) is 20.8. The molecule has 1 N–H and O–H groups in total. The Balaban J connectivity index is 1.40. The number of ether oxygens (including phenoxy) is 3. The standard InChI is InChI=1S/C25H21ClF6N4O3/c26-19-13-17(4-5-21(19)39-18-3-1-2-16(12-18)25(30,31)32)35-23-22-20(33-15-34-23)6-7-36(22)8-9-37-10-11-38-14-24(27,28)29/h1-7,12-13,15H,8-11,14H2,(H,33,34,35). The maximum absolute atomic E-state index is 13.0. The first-order valence-corrected chi connectivity index (χ1v) is 11.8. The summed E-state index contributed by atoms with van der Waals surface area (Å²) in [5.41, 5.74) is 0.971. The fourth-order valence-corrected chi connectivity index (χ4v) is 3.76. The number of hydrogen-bond acceptors (Lipinski definition) is 6. The van der Waals surface area contributed by atoms with Gasteiger partial charge in [0.25, 0.3) is 0 Å². The summed E-state index contributed by atoms with van der Waals surface area (Å²) >= 11 is 6.33. The molecule has 208 valence electrons. The zero-order valence-electron chi connectivity index (χ0n) is 20.0. The van der Waals surface area contributed by atoms with E-state index in [-0.39, 0.29) is 36.3 Å². The highest BCUT2D eigenvalue weighted by molar-refractivity contribution is 6.32. The van der Waals surface area contributed by atoms with Crippen LogP contribution in [0.2, 0.25) is 5.02 Å². The summed E-state index contributed by atoms with van der Waals surface area (Å²) in [7, 11) is 0. The second-order valence-electron chi connectivity index (χ2n) is 8.14. The third kappa shape index (κ3) is 7.97. The Labute approximate surface area is 223 Å². The first-order chi connectivity index (χ1) is 18.5. The van der Waals surface area contributed by atoms with Gasteiger partial charge in [-0.2, -0.15) is 26.3 Å². The average molecular weight is 575 g/mol. The van der Waals surface area contributed by atoms with Gasteiger partial charge in [-0.25, -0.2) is 9.97 Å². The van der Waals surface area contributed by atoms with Crippen molar-refractivity contribution in [2.75, 3.05) is 31.7 Å². The van der Waals surface area contributed by atoms with Crippen LogP contribution in [-0.2, 0) is 22.2 Å². The highest BCUT2D eigenvalue weighted by Gasteiger charge is 2.30. The predicted octanol–water partition coefficient (Wildman–Crippen LogP) is 7.23. The first kappa shape index (κ1) is 28.5. The van der Waals surface area contributed by atoms with E-state index < -0.39 is 24.5 Å². The summed E-state index contributed by atoms with van der Waals surface area (Å²) in [6, 6.07) is 10.9. The molecule has 2 aromatic heterocycles. The number of nitrogens with zero attached hydrogens (tertiary/aromatic N) is 3. The molecule has 39 heavy (non-hydrogen) atoms. The molecule has 4 aromatic rings. The number of hydrogen-bond donors (Lipinski definition) is 1. The van der Waals surface area contributed by atoms with E-state index in [1.165, 1.54) is 30.6 Å². The molecule has 0 saturated carbocycles. The molecule has 0 bridgehead atoms. The molecule has 0 aliphatic heterocycles. The third-order valence-corrected chi connectivity index (χ3v) is 5.54. The van der Waals surface area contributed by atoms with E-state index in [0.717, 1.165) is 12.1 Å².